The predicted molar refractivity (Wildman–Crippen MR) is 131 cm³/mol. The maximum atomic E-state index is 14.0. The van der Waals surface area contributed by atoms with E-state index in [9.17, 15) is 22.7 Å². The average Bonchev–Trinajstić information content (AvgIpc) is 3.26. The maximum absolute atomic E-state index is 14.0. The number of carbonyl (C=O) groups is 1. The number of aryl methyl sites for hydroxylation is 1. The third-order valence-electron chi connectivity index (χ3n) is 7.04. The smallest absolute Gasteiger partial charge is 0.308 e. The highest BCUT2D eigenvalue weighted by Crippen LogP contribution is 2.42. The first-order valence-corrected chi connectivity index (χ1v) is 13.1. The molecule has 9 heteroatoms. The second-order valence-electron chi connectivity index (χ2n) is 9.12. The Balaban J connectivity index is 1.57. The summed E-state index contributed by atoms with van der Waals surface area (Å²) >= 11 is 0. The Morgan fingerprint density at radius 2 is 1.86 bits per heavy atom. The number of carboxylic acid groups (broad SMARTS) is 1. The molecule has 36 heavy (non-hydrogen) atoms. The predicted octanol–water partition coefficient (Wildman–Crippen LogP) is 4.74. The zero-order valence-corrected chi connectivity index (χ0v) is 20.7. The molecule has 0 spiro atoms. The number of rotatable bonds is 6. The van der Waals surface area contributed by atoms with Crippen LogP contribution in [0.5, 0.6) is 11.5 Å². The van der Waals surface area contributed by atoms with Gasteiger partial charge in [-0.15, -0.1) is 0 Å². The Hall–Kier alpha value is -3.59. The van der Waals surface area contributed by atoms with Crippen LogP contribution in [0.1, 0.15) is 36.1 Å². The molecule has 0 fully saturated rings. The van der Waals surface area contributed by atoms with Crippen LogP contribution in [0.15, 0.2) is 65.6 Å². The number of hydrogen-bond acceptors (Lipinski definition) is 5. The van der Waals surface area contributed by atoms with Crippen LogP contribution in [0.25, 0.3) is 0 Å². The average molecular weight is 512 g/mol. The second-order valence-corrected chi connectivity index (χ2v) is 10.9. The summed E-state index contributed by atoms with van der Waals surface area (Å²) in [5, 5.41) is 9.83. The Morgan fingerprint density at radius 3 is 2.61 bits per heavy atom. The van der Waals surface area contributed by atoms with Gasteiger partial charge in [-0.3, -0.25) is 9.10 Å². The molecule has 0 amide bonds. The summed E-state index contributed by atoms with van der Waals surface area (Å²) < 4.78 is 54.1. The highest BCUT2D eigenvalue weighted by Gasteiger charge is 2.42. The summed E-state index contributed by atoms with van der Waals surface area (Å²) in [6.07, 6.45) is 1.73. The summed E-state index contributed by atoms with van der Waals surface area (Å²) in [4.78, 5) is 11.8. The van der Waals surface area contributed by atoms with Gasteiger partial charge in [-0.1, -0.05) is 30.3 Å². The van der Waals surface area contributed by atoms with Gasteiger partial charge in [0.2, 0.25) is 0 Å². The number of sulfonamides is 1. The lowest BCUT2D eigenvalue weighted by Gasteiger charge is -2.39. The Bertz CT molecular complexity index is 1440. The van der Waals surface area contributed by atoms with Gasteiger partial charge in [-0.2, -0.15) is 0 Å². The van der Waals surface area contributed by atoms with Crippen LogP contribution in [-0.2, 0) is 27.7 Å². The van der Waals surface area contributed by atoms with E-state index in [0.29, 0.717) is 17.0 Å². The molecular weight excluding hydrogens is 485 g/mol. The number of methoxy groups -OCH3 is 1. The van der Waals surface area contributed by atoms with E-state index in [0.717, 1.165) is 40.9 Å². The summed E-state index contributed by atoms with van der Waals surface area (Å²) in [6.45, 7) is 1.57. The fourth-order valence-electron chi connectivity index (χ4n) is 5.15. The van der Waals surface area contributed by atoms with Crippen molar-refractivity contribution in [1.82, 2.24) is 0 Å². The molecule has 1 aliphatic heterocycles. The number of carboxylic acids is 1. The van der Waals surface area contributed by atoms with Gasteiger partial charge in [-0.25, -0.2) is 12.8 Å². The molecule has 1 N–H and O–H groups in total. The molecule has 0 bridgehead atoms. The first-order chi connectivity index (χ1) is 17.2. The molecule has 0 radical (unpaired) electrons. The van der Waals surface area contributed by atoms with Gasteiger partial charge in [0.05, 0.1) is 29.7 Å². The number of nitrogens with zero attached hydrogens (tertiary/aromatic N) is 1. The summed E-state index contributed by atoms with van der Waals surface area (Å²) in [7, 11) is -3.02. The van der Waals surface area contributed by atoms with Crippen molar-refractivity contribution in [2.24, 2.45) is 5.92 Å². The van der Waals surface area contributed by atoms with Gasteiger partial charge in [0, 0.05) is 12.1 Å². The van der Waals surface area contributed by atoms with Crippen molar-refractivity contribution in [3.8, 4) is 11.5 Å². The highest BCUT2D eigenvalue weighted by atomic mass is 32.2. The molecule has 3 atom stereocenters. The maximum Gasteiger partial charge on any atom is 0.308 e. The molecule has 1 aliphatic carbocycles. The van der Waals surface area contributed by atoms with Crippen molar-refractivity contribution in [3.63, 3.8) is 0 Å². The van der Waals surface area contributed by atoms with Gasteiger partial charge in [0.15, 0.2) is 11.6 Å². The lowest BCUT2D eigenvalue weighted by atomic mass is 9.88. The molecule has 188 valence electrons. The summed E-state index contributed by atoms with van der Waals surface area (Å²) in [5.74, 6) is -2.46. The van der Waals surface area contributed by atoms with Crippen molar-refractivity contribution in [3.05, 3.63) is 83.2 Å². The Labute approximate surface area is 209 Å². The van der Waals surface area contributed by atoms with Crippen molar-refractivity contribution >= 4 is 21.7 Å². The van der Waals surface area contributed by atoms with Crippen LogP contribution in [0.2, 0.25) is 0 Å². The number of aliphatic carboxylic acids is 1. The SMILES string of the molecule is COc1cc(S(=O)(=O)N2c3cc(OC4CCc5ccccc54)ccc3CC(C(=O)O)C2C)ccc1F. The third-order valence-corrected chi connectivity index (χ3v) is 8.94. The van der Waals surface area contributed by atoms with Crippen LogP contribution in [0.4, 0.5) is 10.1 Å². The van der Waals surface area contributed by atoms with Crippen LogP contribution >= 0.6 is 0 Å². The normalized spacial score (nSPS) is 21.0. The number of halogens is 1. The molecule has 3 aromatic carbocycles. The van der Waals surface area contributed by atoms with E-state index in [2.05, 4.69) is 6.07 Å². The monoisotopic (exact) mass is 511 g/mol. The molecular formula is C27H26FNO6S. The molecule has 5 rings (SSSR count). The number of hydrogen-bond donors (Lipinski definition) is 1. The van der Waals surface area contributed by atoms with Crippen molar-refractivity contribution < 1.29 is 32.2 Å². The quantitative estimate of drug-likeness (QED) is 0.514. The van der Waals surface area contributed by atoms with E-state index in [1.165, 1.54) is 12.7 Å². The van der Waals surface area contributed by atoms with Crippen molar-refractivity contribution in [2.45, 2.75) is 43.2 Å². The first-order valence-electron chi connectivity index (χ1n) is 11.7. The number of anilines is 1. The lowest BCUT2D eigenvalue weighted by molar-refractivity contribution is -0.142. The van der Waals surface area contributed by atoms with E-state index in [1.807, 2.05) is 18.2 Å². The third kappa shape index (κ3) is 4.07. The second kappa shape index (κ2) is 9.13. The fraction of sp³-hybridized carbons (Fsp3) is 0.296. The minimum Gasteiger partial charge on any atom is -0.494 e. The number of benzene rings is 3. The summed E-state index contributed by atoms with van der Waals surface area (Å²) in [5.41, 5.74) is 3.27. The van der Waals surface area contributed by atoms with E-state index in [-0.39, 0.29) is 23.2 Å². The highest BCUT2D eigenvalue weighted by molar-refractivity contribution is 7.92. The minimum atomic E-state index is -4.27. The van der Waals surface area contributed by atoms with Gasteiger partial charge in [-0.05, 0) is 61.1 Å². The molecule has 0 saturated heterocycles. The zero-order valence-electron chi connectivity index (χ0n) is 19.8. The Morgan fingerprint density at radius 1 is 1.08 bits per heavy atom. The number of ether oxygens (including phenoxy) is 2. The van der Waals surface area contributed by atoms with Crippen molar-refractivity contribution in [2.75, 3.05) is 11.4 Å². The van der Waals surface area contributed by atoms with Gasteiger partial charge < -0.3 is 14.6 Å². The van der Waals surface area contributed by atoms with E-state index in [4.69, 9.17) is 9.47 Å². The fourth-order valence-corrected chi connectivity index (χ4v) is 6.88. The van der Waals surface area contributed by atoms with E-state index >= 15 is 0 Å². The standard InChI is InChI=1S/C27H26FNO6S/c1-16-22(27(30)31)13-18-7-9-19(35-25-12-8-17-5-3-4-6-21(17)25)14-24(18)29(16)36(32,33)20-10-11-23(28)26(15-20)34-2/h3-7,9-11,14-16,22,25H,8,12-13H2,1-2H3,(H,30,31). The van der Waals surface area contributed by atoms with Crippen LogP contribution < -0.4 is 13.8 Å². The topological polar surface area (TPSA) is 93.1 Å². The molecule has 3 unspecified atom stereocenters. The molecule has 2 aliphatic rings. The van der Waals surface area contributed by atoms with Crippen LogP contribution in [-0.4, -0.2) is 32.6 Å². The lowest BCUT2D eigenvalue weighted by Crippen LogP contribution is -2.49. The van der Waals surface area contributed by atoms with Crippen LogP contribution in [0.3, 0.4) is 0 Å². The largest absolute Gasteiger partial charge is 0.494 e. The molecule has 7 nitrogen and oxygen atoms in total. The molecule has 1 heterocycles. The van der Waals surface area contributed by atoms with Crippen molar-refractivity contribution in [1.29, 1.82) is 0 Å². The summed E-state index contributed by atoms with van der Waals surface area (Å²) in [6, 6.07) is 15.6. The van der Waals surface area contributed by atoms with Gasteiger partial charge in [0.25, 0.3) is 10.0 Å². The van der Waals surface area contributed by atoms with Gasteiger partial charge in [0.1, 0.15) is 11.9 Å². The Kier molecular flexibility index (Phi) is 6.12. The van der Waals surface area contributed by atoms with Crippen LogP contribution in [0, 0.1) is 11.7 Å². The first kappa shape index (κ1) is 24.1. The van der Waals surface area contributed by atoms with E-state index in [1.54, 1.807) is 25.1 Å². The minimum absolute atomic E-state index is 0.154. The molecule has 0 saturated carbocycles. The zero-order chi connectivity index (χ0) is 25.6. The van der Waals surface area contributed by atoms with Gasteiger partial charge >= 0.3 is 5.97 Å². The molecule has 0 aromatic heterocycles. The van der Waals surface area contributed by atoms with E-state index < -0.39 is 33.8 Å². The number of fused-ring (bicyclic) bond motifs is 2. The molecule has 3 aromatic rings.